The van der Waals surface area contributed by atoms with Crippen molar-refractivity contribution in [2.75, 3.05) is 13.1 Å². The van der Waals surface area contributed by atoms with Crippen LogP contribution in [0, 0.1) is 6.92 Å². The number of ether oxygens (including phenoxy) is 1. The number of fused-ring (bicyclic) bond motifs is 1. The average molecular weight is 406 g/mol. The van der Waals surface area contributed by atoms with Crippen molar-refractivity contribution in [3.05, 3.63) is 69.1 Å². The number of pyridine rings is 1. The Morgan fingerprint density at radius 3 is 2.67 bits per heavy atom. The lowest BCUT2D eigenvalue weighted by Gasteiger charge is -2.39. The summed E-state index contributed by atoms with van der Waals surface area (Å²) in [6.45, 7) is 2.72. The Labute approximate surface area is 172 Å². The third-order valence-corrected chi connectivity index (χ3v) is 5.69. The fourth-order valence-electron chi connectivity index (χ4n) is 3.92. The van der Waals surface area contributed by atoms with Gasteiger partial charge in [0, 0.05) is 17.8 Å². The van der Waals surface area contributed by atoms with Crippen LogP contribution in [-0.2, 0) is 11.3 Å². The third kappa shape index (κ3) is 3.38. The molecule has 1 amide bonds. The topological polar surface area (TPSA) is 86.4 Å². The van der Waals surface area contributed by atoms with E-state index in [4.69, 9.17) is 4.74 Å². The minimum Gasteiger partial charge on any atom is -0.486 e. The standard InChI is InChI=1S/C22H22N4O4/c1-14-8-16(9-20(27)26(14)15-6-7-15)30-17-10-24(11-17)21(28)12-25-13-23-19-5-3-2-4-18(19)22(25)29/h2-5,8-9,13,15,17H,6-7,10-12H2,1H3. The average Bonchev–Trinajstić information content (AvgIpc) is 3.51. The van der Waals surface area contributed by atoms with E-state index in [0.29, 0.717) is 35.8 Å². The molecule has 8 heteroatoms. The van der Waals surface area contributed by atoms with Crippen molar-refractivity contribution in [1.29, 1.82) is 0 Å². The highest BCUT2D eigenvalue weighted by atomic mass is 16.5. The number of likely N-dealkylation sites (tertiary alicyclic amines) is 1. The molecule has 1 aliphatic heterocycles. The van der Waals surface area contributed by atoms with Gasteiger partial charge in [0.2, 0.25) is 5.91 Å². The predicted molar refractivity (Wildman–Crippen MR) is 111 cm³/mol. The molecule has 3 heterocycles. The maximum Gasteiger partial charge on any atom is 0.261 e. The van der Waals surface area contributed by atoms with Gasteiger partial charge in [0.25, 0.3) is 11.1 Å². The SMILES string of the molecule is Cc1cc(OC2CN(C(=O)Cn3cnc4ccccc4c3=O)C2)cc(=O)n1C1CC1. The van der Waals surface area contributed by atoms with Crippen molar-refractivity contribution in [2.45, 2.75) is 38.5 Å². The first-order valence-electron chi connectivity index (χ1n) is 10.1. The lowest BCUT2D eigenvalue weighted by atomic mass is 10.1. The first-order valence-corrected chi connectivity index (χ1v) is 10.1. The van der Waals surface area contributed by atoms with Gasteiger partial charge < -0.3 is 14.2 Å². The number of carbonyl (C=O) groups is 1. The summed E-state index contributed by atoms with van der Waals surface area (Å²) in [7, 11) is 0. The first-order chi connectivity index (χ1) is 14.5. The Bertz CT molecular complexity index is 1250. The molecule has 2 aromatic heterocycles. The highest BCUT2D eigenvalue weighted by Gasteiger charge is 2.33. The molecule has 1 saturated carbocycles. The fourth-order valence-corrected chi connectivity index (χ4v) is 3.92. The van der Waals surface area contributed by atoms with Crippen LogP contribution in [-0.4, -0.2) is 44.1 Å². The predicted octanol–water partition coefficient (Wildman–Crippen LogP) is 1.49. The van der Waals surface area contributed by atoms with E-state index < -0.39 is 0 Å². The van der Waals surface area contributed by atoms with E-state index in [0.717, 1.165) is 18.5 Å². The Kier molecular flexibility index (Phi) is 4.42. The Morgan fingerprint density at radius 2 is 1.93 bits per heavy atom. The van der Waals surface area contributed by atoms with E-state index in [1.54, 1.807) is 23.1 Å². The number of hydrogen-bond donors (Lipinski definition) is 0. The van der Waals surface area contributed by atoms with Gasteiger partial charge >= 0.3 is 0 Å². The number of para-hydroxylation sites is 1. The van der Waals surface area contributed by atoms with Crippen molar-refractivity contribution in [3.63, 3.8) is 0 Å². The van der Waals surface area contributed by atoms with E-state index >= 15 is 0 Å². The summed E-state index contributed by atoms with van der Waals surface area (Å²) < 4.78 is 9.04. The van der Waals surface area contributed by atoms with Gasteiger partial charge in [0.1, 0.15) is 18.4 Å². The molecule has 0 radical (unpaired) electrons. The third-order valence-electron chi connectivity index (χ3n) is 5.69. The van der Waals surface area contributed by atoms with Gasteiger partial charge in [-0.15, -0.1) is 0 Å². The molecule has 8 nitrogen and oxygen atoms in total. The summed E-state index contributed by atoms with van der Waals surface area (Å²) in [5, 5.41) is 0.494. The van der Waals surface area contributed by atoms with Gasteiger partial charge in [0.15, 0.2) is 0 Å². The van der Waals surface area contributed by atoms with E-state index in [-0.39, 0.29) is 29.7 Å². The molecule has 30 heavy (non-hydrogen) atoms. The van der Waals surface area contributed by atoms with Crippen LogP contribution in [0.25, 0.3) is 10.9 Å². The van der Waals surface area contributed by atoms with Crippen LogP contribution in [0.4, 0.5) is 0 Å². The van der Waals surface area contributed by atoms with E-state index in [2.05, 4.69) is 4.98 Å². The second kappa shape index (κ2) is 7.12. The van der Waals surface area contributed by atoms with Crippen LogP contribution in [0.1, 0.15) is 24.6 Å². The molecule has 0 bridgehead atoms. The van der Waals surface area contributed by atoms with Crippen molar-refractivity contribution in [3.8, 4) is 5.75 Å². The molecule has 0 unspecified atom stereocenters. The van der Waals surface area contributed by atoms with Gasteiger partial charge in [-0.25, -0.2) is 4.98 Å². The molecule has 1 saturated heterocycles. The number of amides is 1. The second-order valence-electron chi connectivity index (χ2n) is 8.01. The minimum absolute atomic E-state index is 0.0389. The second-order valence-corrected chi connectivity index (χ2v) is 8.01. The molecule has 1 aliphatic carbocycles. The highest BCUT2D eigenvalue weighted by molar-refractivity contribution is 5.79. The lowest BCUT2D eigenvalue weighted by Crippen LogP contribution is -2.57. The van der Waals surface area contributed by atoms with Crippen molar-refractivity contribution >= 4 is 16.8 Å². The number of nitrogens with zero attached hydrogens (tertiary/aromatic N) is 4. The van der Waals surface area contributed by atoms with Crippen LogP contribution in [0.15, 0.2) is 52.3 Å². The molecule has 1 aromatic carbocycles. The molecule has 154 valence electrons. The molecule has 0 atom stereocenters. The number of aryl methyl sites for hydroxylation is 1. The molecule has 5 rings (SSSR count). The number of aromatic nitrogens is 3. The first kappa shape index (κ1) is 18.6. The lowest BCUT2D eigenvalue weighted by molar-refractivity contribution is -0.140. The van der Waals surface area contributed by atoms with Crippen molar-refractivity contribution < 1.29 is 9.53 Å². The highest BCUT2D eigenvalue weighted by Crippen LogP contribution is 2.35. The summed E-state index contributed by atoms with van der Waals surface area (Å²) in [6, 6.07) is 10.8. The number of rotatable bonds is 5. The number of carbonyl (C=O) groups excluding carboxylic acids is 1. The normalized spacial score (nSPS) is 16.5. The van der Waals surface area contributed by atoms with Crippen molar-refractivity contribution in [2.24, 2.45) is 0 Å². The molecule has 2 aliphatic rings. The summed E-state index contributed by atoms with van der Waals surface area (Å²) in [5.41, 5.74) is 1.25. The molecular weight excluding hydrogens is 384 g/mol. The van der Waals surface area contributed by atoms with Gasteiger partial charge in [-0.3, -0.25) is 19.0 Å². The van der Waals surface area contributed by atoms with E-state index in [9.17, 15) is 14.4 Å². The summed E-state index contributed by atoms with van der Waals surface area (Å²) in [5.74, 6) is 0.385. The zero-order chi connectivity index (χ0) is 20.8. The van der Waals surface area contributed by atoms with Crippen LogP contribution >= 0.6 is 0 Å². The maximum atomic E-state index is 12.5. The summed E-state index contributed by atoms with van der Waals surface area (Å²) in [6.07, 6.45) is 3.36. The minimum atomic E-state index is -0.228. The smallest absolute Gasteiger partial charge is 0.261 e. The van der Waals surface area contributed by atoms with Gasteiger partial charge in [-0.2, -0.15) is 0 Å². The molecule has 0 N–H and O–H groups in total. The summed E-state index contributed by atoms with van der Waals surface area (Å²) >= 11 is 0. The molecule has 3 aromatic rings. The van der Waals surface area contributed by atoms with Gasteiger partial charge in [-0.05, 0) is 38.0 Å². The molecular formula is C22H22N4O4. The Balaban J connectivity index is 1.21. The van der Waals surface area contributed by atoms with Crippen LogP contribution in [0.2, 0.25) is 0 Å². The van der Waals surface area contributed by atoms with E-state index in [1.165, 1.54) is 17.0 Å². The quantitative estimate of drug-likeness (QED) is 0.641. The maximum absolute atomic E-state index is 12.5. The zero-order valence-electron chi connectivity index (χ0n) is 16.7. The fraction of sp³-hybridized carbons (Fsp3) is 0.364. The summed E-state index contributed by atoms with van der Waals surface area (Å²) in [4.78, 5) is 43.3. The van der Waals surface area contributed by atoms with Crippen LogP contribution in [0.5, 0.6) is 5.75 Å². The van der Waals surface area contributed by atoms with Gasteiger partial charge in [-0.1, -0.05) is 12.1 Å². The van der Waals surface area contributed by atoms with E-state index in [1.807, 2.05) is 23.6 Å². The van der Waals surface area contributed by atoms with Crippen molar-refractivity contribution in [1.82, 2.24) is 19.0 Å². The largest absolute Gasteiger partial charge is 0.486 e. The Hall–Kier alpha value is -3.42. The van der Waals surface area contributed by atoms with Gasteiger partial charge in [0.05, 0.1) is 30.3 Å². The van der Waals surface area contributed by atoms with Crippen LogP contribution in [0.3, 0.4) is 0 Å². The van der Waals surface area contributed by atoms with Crippen LogP contribution < -0.4 is 15.9 Å². The Morgan fingerprint density at radius 1 is 1.17 bits per heavy atom. The number of benzene rings is 1. The zero-order valence-corrected chi connectivity index (χ0v) is 16.7. The molecule has 2 fully saturated rings. The number of hydrogen-bond acceptors (Lipinski definition) is 5. The monoisotopic (exact) mass is 406 g/mol. The molecule has 0 spiro atoms.